The van der Waals surface area contributed by atoms with Gasteiger partial charge < -0.3 is 0 Å². The van der Waals surface area contributed by atoms with Gasteiger partial charge in [-0.05, 0) is 67.1 Å². The van der Waals surface area contributed by atoms with Crippen LogP contribution in [0.4, 0.5) is 0 Å². The number of rotatable bonds is 1. The van der Waals surface area contributed by atoms with Crippen molar-refractivity contribution in [3.05, 3.63) is 143 Å². The zero-order valence-corrected chi connectivity index (χ0v) is 18.4. The van der Waals surface area contributed by atoms with Crippen LogP contribution in [-0.4, -0.2) is 4.98 Å². The lowest BCUT2D eigenvalue weighted by atomic mass is 9.89. The molecule has 0 saturated carbocycles. The molecule has 156 valence electrons. The van der Waals surface area contributed by atoms with Crippen LogP contribution in [0.2, 0.25) is 0 Å². The molecule has 0 bridgehead atoms. The van der Waals surface area contributed by atoms with Gasteiger partial charge in [0.05, 0.1) is 0 Å². The van der Waals surface area contributed by atoms with Crippen LogP contribution in [-0.2, 0) is 0 Å². The monoisotopic (exact) mass is 429 g/mol. The van der Waals surface area contributed by atoms with E-state index in [0.29, 0.717) is 0 Å². The Morgan fingerprint density at radius 1 is 0.559 bits per heavy atom. The lowest BCUT2D eigenvalue weighted by molar-refractivity contribution is 1.29. The number of benzene rings is 5. The molecule has 0 unspecified atom stereocenters. The van der Waals surface area contributed by atoms with E-state index in [2.05, 4.69) is 108 Å². The Morgan fingerprint density at radius 2 is 1.29 bits per heavy atom. The van der Waals surface area contributed by atoms with Gasteiger partial charge in [-0.3, -0.25) is 0 Å². The Balaban J connectivity index is 1.73. The van der Waals surface area contributed by atoms with Crippen LogP contribution >= 0.6 is 0 Å². The fraction of sp³-hybridized carbons (Fsp3) is 0. The highest BCUT2D eigenvalue weighted by Gasteiger charge is 2.26. The second kappa shape index (κ2) is 7.44. The summed E-state index contributed by atoms with van der Waals surface area (Å²) in [5, 5.41) is 6.26. The SMILES string of the molecule is C(#Cc1c2c(c3cccc4cccc1c43)=C(c1ccccc1)c1ccccc1-2)c1ccccn1. The van der Waals surface area contributed by atoms with Crippen molar-refractivity contribution in [2.75, 3.05) is 0 Å². The van der Waals surface area contributed by atoms with Crippen molar-refractivity contribution in [2.45, 2.75) is 0 Å². The third-order valence-corrected chi connectivity index (χ3v) is 6.70. The number of hydrogen-bond acceptors (Lipinski definition) is 1. The Bertz CT molecular complexity index is 1830. The summed E-state index contributed by atoms with van der Waals surface area (Å²) in [4.78, 5) is 4.44. The van der Waals surface area contributed by atoms with Crippen LogP contribution < -0.4 is 5.22 Å². The van der Waals surface area contributed by atoms with Crippen LogP contribution in [0.3, 0.4) is 0 Å². The molecule has 7 rings (SSSR count). The molecule has 1 heteroatoms. The first-order chi connectivity index (χ1) is 16.9. The average Bonchev–Trinajstić information content (AvgIpc) is 3.25. The molecule has 0 fully saturated rings. The van der Waals surface area contributed by atoms with E-state index in [4.69, 9.17) is 0 Å². The minimum absolute atomic E-state index is 0.779. The summed E-state index contributed by atoms with van der Waals surface area (Å²) < 4.78 is 0. The second-order valence-electron chi connectivity index (χ2n) is 8.59. The molecule has 5 aromatic carbocycles. The fourth-order valence-electron chi connectivity index (χ4n) is 5.33. The summed E-state index contributed by atoms with van der Waals surface area (Å²) in [7, 11) is 0. The fourth-order valence-corrected chi connectivity index (χ4v) is 5.33. The van der Waals surface area contributed by atoms with Crippen LogP contribution in [0.15, 0.2) is 115 Å². The summed E-state index contributed by atoms with van der Waals surface area (Å²) >= 11 is 0. The molecule has 0 N–H and O–H groups in total. The summed E-state index contributed by atoms with van der Waals surface area (Å²) in [6.45, 7) is 0. The molecule has 0 radical (unpaired) electrons. The van der Waals surface area contributed by atoms with Gasteiger partial charge in [0.25, 0.3) is 0 Å². The average molecular weight is 430 g/mol. The Hall–Kier alpha value is -4.67. The molecule has 0 spiro atoms. The van der Waals surface area contributed by atoms with E-state index in [1.165, 1.54) is 54.6 Å². The van der Waals surface area contributed by atoms with Crippen molar-refractivity contribution >= 4 is 27.1 Å². The highest BCUT2D eigenvalue weighted by Crippen LogP contribution is 2.41. The first-order valence-electron chi connectivity index (χ1n) is 11.5. The first kappa shape index (κ1) is 18.9. The molecule has 1 aromatic heterocycles. The van der Waals surface area contributed by atoms with Crippen LogP contribution in [0, 0.1) is 11.8 Å². The quantitative estimate of drug-likeness (QED) is 0.264. The van der Waals surface area contributed by atoms with Crippen LogP contribution in [0.25, 0.3) is 38.2 Å². The normalized spacial score (nSPS) is 11.8. The van der Waals surface area contributed by atoms with Crippen molar-refractivity contribution < 1.29 is 0 Å². The summed E-state index contributed by atoms with van der Waals surface area (Å²) in [5.74, 6) is 6.90. The highest BCUT2D eigenvalue weighted by atomic mass is 14.6. The lowest BCUT2D eigenvalue weighted by Gasteiger charge is -2.13. The highest BCUT2D eigenvalue weighted by molar-refractivity contribution is 6.18. The van der Waals surface area contributed by atoms with E-state index >= 15 is 0 Å². The zero-order valence-electron chi connectivity index (χ0n) is 18.4. The zero-order chi connectivity index (χ0) is 22.5. The van der Waals surface area contributed by atoms with Gasteiger partial charge in [0.1, 0.15) is 5.69 Å². The van der Waals surface area contributed by atoms with Gasteiger partial charge in [0, 0.05) is 17.3 Å². The van der Waals surface area contributed by atoms with E-state index in [1.807, 2.05) is 18.2 Å². The molecule has 34 heavy (non-hydrogen) atoms. The van der Waals surface area contributed by atoms with Gasteiger partial charge in [0.2, 0.25) is 0 Å². The minimum atomic E-state index is 0.779. The van der Waals surface area contributed by atoms with Gasteiger partial charge in [-0.2, -0.15) is 0 Å². The smallest absolute Gasteiger partial charge is 0.113 e. The maximum atomic E-state index is 4.44. The molecule has 1 nitrogen and oxygen atoms in total. The van der Waals surface area contributed by atoms with Gasteiger partial charge in [-0.15, -0.1) is 0 Å². The second-order valence-corrected chi connectivity index (χ2v) is 8.59. The van der Waals surface area contributed by atoms with Crippen molar-refractivity contribution in [3.63, 3.8) is 0 Å². The van der Waals surface area contributed by atoms with E-state index in [9.17, 15) is 0 Å². The lowest BCUT2D eigenvalue weighted by Crippen LogP contribution is -2.10. The standard InChI is InChI=1S/C33H19N/c1-2-10-23(11-3-1)31-26-15-4-5-16-27(26)32-28(20-19-24-14-6-7-21-34-24)25-17-8-12-22-13-9-18-29(30(22)25)33(31)32/h1-18,21H. The molecule has 0 aliphatic heterocycles. The molecular weight excluding hydrogens is 410 g/mol. The number of nitrogens with zero attached hydrogens (tertiary/aromatic N) is 1. The Morgan fingerprint density at radius 3 is 2.09 bits per heavy atom. The predicted octanol–water partition coefficient (Wildman–Crippen LogP) is 6.73. The Labute approximate surface area is 198 Å². The van der Waals surface area contributed by atoms with Crippen molar-refractivity contribution in [1.29, 1.82) is 0 Å². The third-order valence-electron chi connectivity index (χ3n) is 6.70. The molecule has 6 aromatic rings. The molecule has 1 heterocycles. The van der Waals surface area contributed by atoms with Gasteiger partial charge in [0.15, 0.2) is 0 Å². The van der Waals surface area contributed by atoms with E-state index in [1.54, 1.807) is 6.20 Å². The maximum Gasteiger partial charge on any atom is 0.113 e. The molecular formula is C33H19N. The number of pyridine rings is 1. The van der Waals surface area contributed by atoms with Crippen molar-refractivity contribution in [3.8, 4) is 23.0 Å². The number of fused-ring (bicyclic) bond motifs is 4. The third kappa shape index (κ3) is 2.73. The summed E-state index contributed by atoms with van der Waals surface area (Å²) in [6, 6.07) is 38.5. The maximum absolute atomic E-state index is 4.44. The predicted molar refractivity (Wildman–Crippen MR) is 140 cm³/mol. The first-order valence-corrected chi connectivity index (χ1v) is 11.5. The van der Waals surface area contributed by atoms with Gasteiger partial charge in [-0.1, -0.05) is 103 Å². The summed E-state index contributed by atoms with van der Waals surface area (Å²) in [5.41, 5.74) is 8.10. The van der Waals surface area contributed by atoms with Crippen molar-refractivity contribution in [1.82, 2.24) is 4.98 Å². The van der Waals surface area contributed by atoms with Crippen LogP contribution in [0.1, 0.15) is 22.4 Å². The largest absolute Gasteiger partial charge is 0.248 e. The molecule has 0 saturated heterocycles. The number of aromatic nitrogens is 1. The summed E-state index contributed by atoms with van der Waals surface area (Å²) in [6.07, 6.45) is 1.79. The topological polar surface area (TPSA) is 12.9 Å². The van der Waals surface area contributed by atoms with Crippen molar-refractivity contribution in [2.24, 2.45) is 0 Å². The molecule has 0 amide bonds. The van der Waals surface area contributed by atoms with Crippen LogP contribution in [0.5, 0.6) is 0 Å². The van der Waals surface area contributed by atoms with E-state index < -0.39 is 0 Å². The minimum Gasteiger partial charge on any atom is -0.248 e. The van der Waals surface area contributed by atoms with E-state index in [0.717, 1.165) is 11.3 Å². The Kier molecular flexibility index (Phi) is 4.13. The van der Waals surface area contributed by atoms with Gasteiger partial charge in [-0.25, -0.2) is 4.98 Å². The molecule has 0 atom stereocenters. The number of hydrogen-bond donors (Lipinski definition) is 0. The van der Waals surface area contributed by atoms with E-state index in [-0.39, 0.29) is 0 Å². The molecule has 1 aliphatic rings. The molecule has 1 aliphatic carbocycles. The van der Waals surface area contributed by atoms with Gasteiger partial charge >= 0.3 is 0 Å².